The van der Waals surface area contributed by atoms with Crippen molar-refractivity contribution in [3.8, 4) is 10.8 Å². The standard InChI is InChI=1S/C17H9BrClF3N4S2/c18-13-12-11(19)6-10(27-8-9-4-2-1-3-5-9)7-26(12)14(23-13)15-24-25-16(28-15)17(20,21)22/h1-7H,8H2. The summed E-state index contributed by atoms with van der Waals surface area (Å²) in [4.78, 5) is 5.16. The average Bonchev–Trinajstić information content (AvgIpc) is 3.26. The van der Waals surface area contributed by atoms with E-state index in [1.54, 1.807) is 22.4 Å². The first kappa shape index (κ1) is 19.7. The van der Waals surface area contributed by atoms with Crippen molar-refractivity contribution >= 4 is 56.1 Å². The zero-order valence-electron chi connectivity index (χ0n) is 13.7. The highest BCUT2D eigenvalue weighted by molar-refractivity contribution is 9.10. The van der Waals surface area contributed by atoms with E-state index in [2.05, 4.69) is 31.1 Å². The predicted molar refractivity (Wildman–Crippen MR) is 108 cm³/mol. The van der Waals surface area contributed by atoms with E-state index in [9.17, 15) is 13.2 Å². The molecule has 3 heterocycles. The number of alkyl halides is 3. The number of hydrogen-bond donors (Lipinski definition) is 0. The number of pyridine rings is 1. The third-order valence-electron chi connectivity index (χ3n) is 3.73. The van der Waals surface area contributed by atoms with Crippen LogP contribution in [0.4, 0.5) is 13.2 Å². The van der Waals surface area contributed by atoms with E-state index in [-0.39, 0.29) is 10.8 Å². The van der Waals surface area contributed by atoms with Gasteiger partial charge in [0, 0.05) is 16.8 Å². The predicted octanol–water partition coefficient (Wildman–Crippen LogP) is 6.58. The van der Waals surface area contributed by atoms with Gasteiger partial charge < -0.3 is 0 Å². The van der Waals surface area contributed by atoms with Gasteiger partial charge >= 0.3 is 6.18 Å². The number of halogens is 5. The summed E-state index contributed by atoms with van der Waals surface area (Å²) in [6.45, 7) is 0. The topological polar surface area (TPSA) is 43.1 Å². The molecule has 0 atom stereocenters. The molecule has 0 aliphatic rings. The molecule has 0 unspecified atom stereocenters. The van der Waals surface area contributed by atoms with Crippen molar-refractivity contribution in [2.24, 2.45) is 0 Å². The Morgan fingerprint density at radius 3 is 2.61 bits per heavy atom. The Balaban J connectivity index is 1.73. The van der Waals surface area contributed by atoms with Crippen LogP contribution in [0.5, 0.6) is 0 Å². The summed E-state index contributed by atoms with van der Waals surface area (Å²) < 4.78 is 40.7. The van der Waals surface area contributed by atoms with Crippen LogP contribution in [0.15, 0.2) is 52.1 Å². The number of fused-ring (bicyclic) bond motifs is 1. The molecule has 0 N–H and O–H groups in total. The van der Waals surface area contributed by atoms with Crippen molar-refractivity contribution in [3.05, 3.63) is 62.8 Å². The second kappa shape index (κ2) is 7.66. The minimum absolute atomic E-state index is 0.0642. The Morgan fingerprint density at radius 1 is 1.18 bits per heavy atom. The van der Waals surface area contributed by atoms with Crippen LogP contribution in [0.3, 0.4) is 0 Å². The normalized spacial score (nSPS) is 12.0. The molecule has 0 saturated carbocycles. The molecule has 28 heavy (non-hydrogen) atoms. The fraction of sp³-hybridized carbons (Fsp3) is 0.118. The molecule has 0 spiro atoms. The largest absolute Gasteiger partial charge is 0.445 e. The fourth-order valence-corrected chi connectivity index (χ4v) is 5.15. The molecule has 144 valence electrons. The molecule has 0 aliphatic heterocycles. The Kier molecular flexibility index (Phi) is 5.38. The van der Waals surface area contributed by atoms with Crippen molar-refractivity contribution in [2.45, 2.75) is 16.8 Å². The zero-order chi connectivity index (χ0) is 19.9. The first-order valence-electron chi connectivity index (χ1n) is 7.78. The molecule has 4 nitrogen and oxygen atoms in total. The highest BCUT2D eigenvalue weighted by Gasteiger charge is 2.36. The molecule has 0 radical (unpaired) electrons. The van der Waals surface area contributed by atoms with Crippen molar-refractivity contribution in [1.82, 2.24) is 19.6 Å². The SMILES string of the molecule is FC(F)(F)c1nnc(-c2nc(Br)c3c(Cl)cc(SCc4ccccc4)cn23)s1. The van der Waals surface area contributed by atoms with E-state index in [4.69, 9.17) is 11.6 Å². The Bertz CT molecular complexity index is 1140. The molecule has 0 bridgehead atoms. The van der Waals surface area contributed by atoms with Crippen LogP contribution in [0, 0.1) is 0 Å². The number of aromatic nitrogens is 4. The number of hydrogen-bond acceptors (Lipinski definition) is 5. The van der Waals surface area contributed by atoms with Crippen molar-refractivity contribution < 1.29 is 13.2 Å². The van der Waals surface area contributed by atoms with Crippen molar-refractivity contribution in [1.29, 1.82) is 0 Å². The summed E-state index contributed by atoms with van der Waals surface area (Å²) in [6, 6.07) is 11.7. The van der Waals surface area contributed by atoms with Crippen LogP contribution < -0.4 is 0 Å². The molecule has 0 fully saturated rings. The van der Waals surface area contributed by atoms with Gasteiger partial charge in [-0.1, -0.05) is 53.3 Å². The van der Waals surface area contributed by atoms with Gasteiger partial charge in [-0.05, 0) is 27.6 Å². The van der Waals surface area contributed by atoms with Crippen LogP contribution in [-0.2, 0) is 11.9 Å². The van der Waals surface area contributed by atoms with E-state index >= 15 is 0 Å². The monoisotopic (exact) mass is 504 g/mol. The van der Waals surface area contributed by atoms with E-state index < -0.39 is 11.2 Å². The minimum atomic E-state index is -4.55. The lowest BCUT2D eigenvalue weighted by atomic mass is 10.2. The second-order valence-electron chi connectivity index (χ2n) is 5.65. The molecule has 11 heteroatoms. The highest BCUT2D eigenvalue weighted by atomic mass is 79.9. The van der Waals surface area contributed by atoms with E-state index in [0.29, 0.717) is 26.5 Å². The number of nitrogens with zero attached hydrogens (tertiary/aromatic N) is 4. The molecular formula is C17H9BrClF3N4S2. The van der Waals surface area contributed by atoms with Crippen LogP contribution in [-0.4, -0.2) is 19.6 Å². The zero-order valence-corrected chi connectivity index (χ0v) is 17.7. The molecule has 4 rings (SSSR count). The number of imidazole rings is 1. The van der Waals surface area contributed by atoms with Crippen molar-refractivity contribution in [2.75, 3.05) is 0 Å². The third kappa shape index (κ3) is 3.91. The van der Waals surface area contributed by atoms with Gasteiger partial charge in [0.05, 0.1) is 10.5 Å². The summed E-state index contributed by atoms with van der Waals surface area (Å²) in [7, 11) is 0. The van der Waals surface area contributed by atoms with Gasteiger partial charge in [-0.3, -0.25) is 4.40 Å². The van der Waals surface area contributed by atoms with Gasteiger partial charge in [-0.25, -0.2) is 4.98 Å². The lowest BCUT2D eigenvalue weighted by molar-refractivity contribution is -0.138. The van der Waals surface area contributed by atoms with Gasteiger partial charge in [0.25, 0.3) is 0 Å². The Hall–Kier alpha value is -1.62. The van der Waals surface area contributed by atoms with Gasteiger partial charge in [0.2, 0.25) is 5.01 Å². The summed E-state index contributed by atoms with van der Waals surface area (Å²) in [5.41, 5.74) is 1.71. The first-order valence-corrected chi connectivity index (χ1v) is 10.7. The number of rotatable bonds is 4. The van der Waals surface area contributed by atoms with Gasteiger partial charge in [-0.15, -0.1) is 22.0 Å². The van der Waals surface area contributed by atoms with Crippen LogP contribution in [0.1, 0.15) is 10.6 Å². The molecule has 3 aromatic heterocycles. The van der Waals surface area contributed by atoms with Crippen molar-refractivity contribution in [3.63, 3.8) is 0 Å². The highest BCUT2D eigenvalue weighted by Crippen LogP contribution is 2.38. The van der Waals surface area contributed by atoms with Crippen LogP contribution in [0.25, 0.3) is 16.3 Å². The minimum Gasteiger partial charge on any atom is -0.294 e. The molecule has 0 aliphatic carbocycles. The maximum absolute atomic E-state index is 12.9. The summed E-state index contributed by atoms with van der Waals surface area (Å²) in [6.07, 6.45) is -2.76. The summed E-state index contributed by atoms with van der Waals surface area (Å²) >= 11 is 11.7. The smallest absolute Gasteiger partial charge is 0.294 e. The molecular weight excluding hydrogens is 497 g/mol. The summed E-state index contributed by atoms with van der Waals surface area (Å²) in [5.74, 6) is 0.976. The van der Waals surface area contributed by atoms with Gasteiger partial charge in [-0.2, -0.15) is 13.2 Å². The number of thioether (sulfide) groups is 1. The first-order chi connectivity index (χ1) is 13.3. The lowest BCUT2D eigenvalue weighted by Crippen LogP contribution is -2.03. The molecule has 4 aromatic rings. The molecule has 0 amide bonds. The van der Waals surface area contributed by atoms with E-state index in [1.165, 1.54) is 0 Å². The van der Waals surface area contributed by atoms with E-state index in [1.807, 2.05) is 36.4 Å². The average molecular weight is 506 g/mol. The second-order valence-corrected chi connectivity index (χ2v) is 8.84. The fourth-order valence-electron chi connectivity index (χ4n) is 2.50. The summed E-state index contributed by atoms with van der Waals surface area (Å²) in [5, 5.41) is 6.38. The Labute approximate surface area is 178 Å². The maximum atomic E-state index is 12.9. The molecule has 1 aromatic carbocycles. The lowest BCUT2D eigenvalue weighted by Gasteiger charge is -2.06. The third-order valence-corrected chi connectivity index (χ3v) is 6.57. The van der Waals surface area contributed by atoms with Crippen LogP contribution >= 0.6 is 50.6 Å². The molecule has 0 saturated heterocycles. The quantitative estimate of drug-likeness (QED) is 0.294. The maximum Gasteiger partial charge on any atom is 0.445 e. The Morgan fingerprint density at radius 2 is 1.93 bits per heavy atom. The van der Waals surface area contributed by atoms with E-state index in [0.717, 1.165) is 16.2 Å². The van der Waals surface area contributed by atoms with Gasteiger partial charge in [0.1, 0.15) is 4.60 Å². The number of benzene rings is 1. The van der Waals surface area contributed by atoms with Crippen LogP contribution in [0.2, 0.25) is 5.02 Å². The van der Waals surface area contributed by atoms with Gasteiger partial charge in [0.15, 0.2) is 10.8 Å².